The van der Waals surface area contributed by atoms with Crippen LogP contribution in [-0.4, -0.2) is 51.7 Å². The number of aliphatic hydroxyl groups is 1. The molecule has 0 saturated heterocycles. The standard InChI is InChI=1S/C12H19ClN2O3S/c1-9-5-4-6-11(13)12(9)19(17,18)14-7-10(16)8-15(2)3/h4-6,10,14,16H,7-8H2,1-3H3/t10-/m0/s1. The molecule has 2 N–H and O–H groups in total. The van der Waals surface area contributed by atoms with Crippen LogP contribution in [0, 0.1) is 6.92 Å². The molecule has 1 atom stereocenters. The number of benzene rings is 1. The fourth-order valence-electron chi connectivity index (χ4n) is 1.72. The van der Waals surface area contributed by atoms with E-state index in [9.17, 15) is 13.5 Å². The third-order valence-corrected chi connectivity index (χ3v) is 4.57. The second kappa shape index (κ2) is 6.67. The minimum Gasteiger partial charge on any atom is -0.390 e. The maximum atomic E-state index is 12.1. The summed E-state index contributed by atoms with van der Waals surface area (Å²) in [5.41, 5.74) is 0.571. The molecule has 0 aliphatic carbocycles. The quantitative estimate of drug-likeness (QED) is 0.817. The Balaban J connectivity index is 2.82. The van der Waals surface area contributed by atoms with Crippen LogP contribution in [0.3, 0.4) is 0 Å². The number of aryl methyl sites for hydroxylation is 1. The van der Waals surface area contributed by atoms with Crippen LogP contribution in [0.1, 0.15) is 5.56 Å². The molecule has 1 rings (SSSR count). The molecule has 0 fully saturated rings. The summed E-state index contributed by atoms with van der Waals surface area (Å²) in [4.78, 5) is 1.84. The molecule has 5 nitrogen and oxygen atoms in total. The van der Waals surface area contributed by atoms with Crippen molar-refractivity contribution < 1.29 is 13.5 Å². The predicted molar refractivity (Wildman–Crippen MR) is 75.9 cm³/mol. The summed E-state index contributed by atoms with van der Waals surface area (Å²) in [6.07, 6.45) is -0.771. The lowest BCUT2D eigenvalue weighted by atomic mass is 10.2. The number of halogens is 1. The van der Waals surface area contributed by atoms with E-state index in [1.165, 1.54) is 6.07 Å². The van der Waals surface area contributed by atoms with Crippen molar-refractivity contribution in [3.63, 3.8) is 0 Å². The van der Waals surface area contributed by atoms with E-state index in [0.717, 1.165) is 0 Å². The van der Waals surface area contributed by atoms with Crippen LogP contribution in [0.15, 0.2) is 23.1 Å². The minimum atomic E-state index is -3.71. The van der Waals surface area contributed by atoms with Gasteiger partial charge in [-0.1, -0.05) is 23.7 Å². The predicted octanol–water partition coefficient (Wildman–Crippen LogP) is 0.849. The fraction of sp³-hybridized carbons (Fsp3) is 0.500. The third-order valence-electron chi connectivity index (χ3n) is 2.52. The number of nitrogens with one attached hydrogen (secondary N) is 1. The lowest BCUT2D eigenvalue weighted by Crippen LogP contribution is -2.38. The molecule has 0 unspecified atom stereocenters. The van der Waals surface area contributed by atoms with Crippen molar-refractivity contribution in [3.05, 3.63) is 28.8 Å². The van der Waals surface area contributed by atoms with Crippen LogP contribution in [0.5, 0.6) is 0 Å². The van der Waals surface area contributed by atoms with Crippen LogP contribution < -0.4 is 4.72 Å². The zero-order valence-corrected chi connectivity index (χ0v) is 12.8. The zero-order valence-electron chi connectivity index (χ0n) is 11.2. The molecule has 1 aromatic rings. The smallest absolute Gasteiger partial charge is 0.242 e. The average Bonchev–Trinajstić information content (AvgIpc) is 2.25. The lowest BCUT2D eigenvalue weighted by Gasteiger charge is -2.17. The van der Waals surface area contributed by atoms with Gasteiger partial charge in [-0.2, -0.15) is 0 Å². The topological polar surface area (TPSA) is 69.6 Å². The summed E-state index contributed by atoms with van der Waals surface area (Å²) in [6.45, 7) is 2.01. The Morgan fingerprint density at radius 3 is 2.58 bits per heavy atom. The molecule has 0 aromatic heterocycles. The van der Waals surface area contributed by atoms with Crippen LogP contribution in [0.2, 0.25) is 5.02 Å². The van der Waals surface area contributed by atoms with Crippen molar-refractivity contribution in [1.29, 1.82) is 0 Å². The average molecular weight is 307 g/mol. The summed E-state index contributed by atoms with van der Waals surface area (Å²) >= 11 is 5.92. The number of rotatable bonds is 6. The van der Waals surface area contributed by atoms with Gasteiger partial charge in [0.05, 0.1) is 11.1 Å². The Morgan fingerprint density at radius 2 is 2.05 bits per heavy atom. The molecule has 0 aliphatic heterocycles. The summed E-state index contributed by atoms with van der Waals surface area (Å²) in [7, 11) is -0.110. The molecular formula is C12H19ClN2O3S. The molecule has 7 heteroatoms. The molecule has 0 bridgehead atoms. The normalized spacial score (nSPS) is 13.8. The Kier molecular flexibility index (Phi) is 5.76. The van der Waals surface area contributed by atoms with E-state index in [4.69, 9.17) is 11.6 Å². The molecule has 0 radical (unpaired) electrons. The van der Waals surface area contributed by atoms with Crippen molar-refractivity contribution in [2.45, 2.75) is 17.9 Å². The first-order valence-corrected chi connectivity index (χ1v) is 7.67. The third kappa shape index (κ3) is 4.74. The van der Waals surface area contributed by atoms with Gasteiger partial charge in [-0.25, -0.2) is 13.1 Å². The maximum Gasteiger partial charge on any atom is 0.242 e. The molecule has 108 valence electrons. The van der Waals surface area contributed by atoms with Crippen molar-refractivity contribution >= 4 is 21.6 Å². The summed E-state index contributed by atoms with van der Waals surface area (Å²) in [5, 5.41) is 9.84. The first kappa shape index (κ1) is 16.4. The lowest BCUT2D eigenvalue weighted by molar-refractivity contribution is 0.140. The van der Waals surface area contributed by atoms with Gasteiger partial charge in [0.1, 0.15) is 4.90 Å². The number of hydrogen-bond donors (Lipinski definition) is 2. The largest absolute Gasteiger partial charge is 0.390 e. The number of sulfonamides is 1. The van der Waals surface area contributed by atoms with Gasteiger partial charge in [-0.15, -0.1) is 0 Å². The van der Waals surface area contributed by atoms with Gasteiger partial charge in [-0.3, -0.25) is 0 Å². The molecule has 0 aliphatic rings. The van der Waals surface area contributed by atoms with Crippen LogP contribution in [0.25, 0.3) is 0 Å². The first-order chi connectivity index (χ1) is 8.74. The minimum absolute atomic E-state index is 0.0504. The highest BCUT2D eigenvalue weighted by atomic mass is 35.5. The van der Waals surface area contributed by atoms with E-state index in [1.54, 1.807) is 38.1 Å². The van der Waals surface area contributed by atoms with E-state index >= 15 is 0 Å². The Bertz CT molecular complexity index is 512. The van der Waals surface area contributed by atoms with Gasteiger partial charge in [0.15, 0.2) is 0 Å². The van der Waals surface area contributed by atoms with Crippen molar-refractivity contribution in [3.8, 4) is 0 Å². The molecular weight excluding hydrogens is 288 g/mol. The Labute approximate surface area is 119 Å². The van der Waals surface area contributed by atoms with Crippen molar-refractivity contribution in [1.82, 2.24) is 9.62 Å². The highest BCUT2D eigenvalue weighted by Gasteiger charge is 2.21. The number of likely N-dealkylation sites (N-methyl/N-ethyl adjacent to an activating group) is 1. The second-order valence-corrected chi connectivity index (χ2v) is 6.76. The van der Waals surface area contributed by atoms with Gasteiger partial charge in [0.25, 0.3) is 0 Å². The van der Waals surface area contributed by atoms with Gasteiger partial charge in [-0.05, 0) is 32.6 Å². The fourth-order valence-corrected chi connectivity index (χ4v) is 3.62. The maximum absolute atomic E-state index is 12.1. The molecule has 0 heterocycles. The molecule has 19 heavy (non-hydrogen) atoms. The van der Waals surface area contributed by atoms with Gasteiger partial charge in [0, 0.05) is 13.1 Å². The van der Waals surface area contributed by atoms with Crippen LogP contribution in [0.4, 0.5) is 0 Å². The van der Waals surface area contributed by atoms with Gasteiger partial charge < -0.3 is 10.0 Å². The Hall–Kier alpha value is -0.660. The van der Waals surface area contributed by atoms with Crippen molar-refractivity contribution in [2.24, 2.45) is 0 Å². The first-order valence-electron chi connectivity index (χ1n) is 5.81. The van der Waals surface area contributed by atoms with E-state index in [1.807, 2.05) is 0 Å². The van der Waals surface area contributed by atoms with E-state index in [2.05, 4.69) is 4.72 Å². The summed E-state index contributed by atoms with van der Waals surface area (Å²) in [5.74, 6) is 0. The van der Waals surface area contributed by atoms with E-state index in [-0.39, 0.29) is 16.5 Å². The highest BCUT2D eigenvalue weighted by Crippen LogP contribution is 2.24. The molecule has 0 saturated carbocycles. The Morgan fingerprint density at radius 1 is 1.42 bits per heavy atom. The molecule has 0 spiro atoms. The summed E-state index contributed by atoms with van der Waals surface area (Å²) < 4.78 is 26.7. The summed E-state index contributed by atoms with van der Waals surface area (Å²) in [6, 6.07) is 4.90. The molecule has 1 aromatic carbocycles. The number of nitrogens with zero attached hydrogens (tertiary/aromatic N) is 1. The van der Waals surface area contributed by atoms with Gasteiger partial charge in [0.2, 0.25) is 10.0 Å². The monoisotopic (exact) mass is 306 g/mol. The molecule has 0 amide bonds. The van der Waals surface area contributed by atoms with Gasteiger partial charge >= 0.3 is 0 Å². The van der Waals surface area contributed by atoms with Crippen LogP contribution >= 0.6 is 11.6 Å². The number of aliphatic hydroxyl groups excluding tert-OH is 1. The highest BCUT2D eigenvalue weighted by molar-refractivity contribution is 7.89. The van der Waals surface area contributed by atoms with Crippen LogP contribution in [-0.2, 0) is 10.0 Å². The van der Waals surface area contributed by atoms with E-state index < -0.39 is 16.1 Å². The zero-order chi connectivity index (χ0) is 14.6. The van der Waals surface area contributed by atoms with Crippen molar-refractivity contribution in [2.75, 3.05) is 27.2 Å². The second-order valence-electron chi connectivity index (χ2n) is 4.65. The number of hydrogen-bond acceptors (Lipinski definition) is 4. The van der Waals surface area contributed by atoms with E-state index in [0.29, 0.717) is 12.1 Å². The SMILES string of the molecule is Cc1cccc(Cl)c1S(=O)(=O)NC[C@H](O)CN(C)C.